The molecule has 1 aliphatic rings. The number of benzene rings is 3. The van der Waals surface area contributed by atoms with Crippen LogP contribution in [-0.2, 0) is 32.6 Å². The molecule has 0 aliphatic heterocycles. The Morgan fingerprint density at radius 1 is 0.978 bits per heavy atom. The van der Waals surface area contributed by atoms with Crippen molar-refractivity contribution in [3.05, 3.63) is 94.5 Å². The molecular formula is C35H44ClN3O5S. The molecule has 45 heavy (non-hydrogen) atoms. The number of halogens is 1. The largest absolute Gasteiger partial charge is 0.497 e. The highest BCUT2D eigenvalue weighted by molar-refractivity contribution is 7.92. The van der Waals surface area contributed by atoms with Crippen LogP contribution in [0.4, 0.5) is 5.69 Å². The minimum absolute atomic E-state index is 0.0532. The number of nitrogens with one attached hydrogen (secondary N) is 1. The zero-order valence-corrected chi connectivity index (χ0v) is 27.9. The van der Waals surface area contributed by atoms with E-state index in [0.717, 1.165) is 43.1 Å². The van der Waals surface area contributed by atoms with E-state index in [0.29, 0.717) is 28.4 Å². The maximum atomic E-state index is 14.1. The molecule has 0 saturated heterocycles. The average molecular weight is 654 g/mol. The molecule has 8 nitrogen and oxygen atoms in total. The van der Waals surface area contributed by atoms with Crippen LogP contribution in [0.25, 0.3) is 0 Å². The van der Waals surface area contributed by atoms with Gasteiger partial charge in [0, 0.05) is 37.0 Å². The molecular weight excluding hydrogens is 610 g/mol. The summed E-state index contributed by atoms with van der Waals surface area (Å²) in [5.41, 5.74) is 2.92. The number of nitrogens with zero attached hydrogens (tertiary/aromatic N) is 2. The van der Waals surface area contributed by atoms with Gasteiger partial charge in [0.2, 0.25) is 21.8 Å². The summed E-state index contributed by atoms with van der Waals surface area (Å²) in [6, 6.07) is 21.7. The number of hydrogen-bond acceptors (Lipinski definition) is 5. The van der Waals surface area contributed by atoms with Crippen LogP contribution >= 0.6 is 11.6 Å². The number of rotatable bonds is 14. The second-order valence-electron chi connectivity index (χ2n) is 11.7. The molecule has 0 unspecified atom stereocenters. The Morgan fingerprint density at radius 3 is 2.36 bits per heavy atom. The highest BCUT2D eigenvalue weighted by atomic mass is 35.5. The van der Waals surface area contributed by atoms with E-state index in [9.17, 15) is 18.0 Å². The van der Waals surface area contributed by atoms with Crippen LogP contribution in [0.2, 0.25) is 5.02 Å². The van der Waals surface area contributed by atoms with Crippen LogP contribution in [0, 0.1) is 6.92 Å². The summed E-state index contributed by atoms with van der Waals surface area (Å²) in [7, 11) is -2.06. The first-order valence-electron chi connectivity index (χ1n) is 15.6. The van der Waals surface area contributed by atoms with Crippen molar-refractivity contribution in [2.24, 2.45) is 0 Å². The highest BCUT2D eigenvalue weighted by Gasteiger charge is 2.32. The van der Waals surface area contributed by atoms with E-state index in [2.05, 4.69) is 5.32 Å². The van der Waals surface area contributed by atoms with Crippen molar-refractivity contribution >= 4 is 39.1 Å². The molecule has 0 spiro atoms. The summed E-state index contributed by atoms with van der Waals surface area (Å²) in [4.78, 5) is 29.8. The quantitative estimate of drug-likeness (QED) is 0.221. The van der Waals surface area contributed by atoms with Crippen molar-refractivity contribution in [3.8, 4) is 5.75 Å². The van der Waals surface area contributed by atoms with Crippen molar-refractivity contribution in [1.29, 1.82) is 0 Å². The van der Waals surface area contributed by atoms with Gasteiger partial charge in [-0.1, -0.05) is 79.4 Å². The first-order chi connectivity index (χ1) is 21.6. The molecule has 1 fully saturated rings. The first-order valence-corrected chi connectivity index (χ1v) is 17.8. The lowest BCUT2D eigenvalue weighted by atomic mass is 9.94. The maximum Gasteiger partial charge on any atom is 0.243 e. The standard InChI is InChI=1S/C35H44ClN3O5S/c1-26-31(36)19-11-20-32(26)39(45(3,42)43)22-12-21-34(40)38(25-28-15-10-18-30(23-28)44-2)33(24-27-13-6-4-7-14-27)35(41)37-29-16-8-5-9-17-29/h4,6-7,10-11,13-15,18-20,23,29,33H,5,8-9,12,16-17,21-22,24-25H2,1-3H3,(H,37,41)/t33-/m1/s1. The summed E-state index contributed by atoms with van der Waals surface area (Å²) in [5.74, 6) is 0.259. The SMILES string of the molecule is COc1cccc(CN(C(=O)CCCN(c2cccc(Cl)c2C)S(C)(=O)=O)[C@H](Cc2ccccc2)C(=O)NC2CCCCC2)c1. The summed E-state index contributed by atoms with van der Waals surface area (Å²) >= 11 is 6.30. The zero-order chi connectivity index (χ0) is 32.4. The van der Waals surface area contributed by atoms with Gasteiger partial charge in [-0.2, -0.15) is 0 Å². The molecule has 0 radical (unpaired) electrons. The summed E-state index contributed by atoms with van der Waals surface area (Å²) in [5, 5.41) is 3.72. The van der Waals surface area contributed by atoms with Gasteiger partial charge in [-0.05, 0) is 67.1 Å². The number of sulfonamides is 1. The Bertz CT molecular complexity index is 1540. The number of methoxy groups -OCH3 is 1. The van der Waals surface area contributed by atoms with Crippen molar-refractivity contribution in [3.63, 3.8) is 0 Å². The van der Waals surface area contributed by atoms with Crippen molar-refractivity contribution < 1.29 is 22.7 Å². The average Bonchev–Trinajstić information content (AvgIpc) is 3.03. The number of carbonyl (C=O) groups is 2. The van der Waals surface area contributed by atoms with Crippen LogP contribution in [0.15, 0.2) is 72.8 Å². The number of amides is 2. The second-order valence-corrected chi connectivity index (χ2v) is 14.1. The van der Waals surface area contributed by atoms with Crippen molar-refractivity contribution in [2.45, 2.75) is 76.9 Å². The van der Waals surface area contributed by atoms with Gasteiger partial charge >= 0.3 is 0 Å². The van der Waals surface area contributed by atoms with Gasteiger partial charge in [-0.3, -0.25) is 13.9 Å². The van der Waals surface area contributed by atoms with Gasteiger partial charge in [-0.15, -0.1) is 0 Å². The van der Waals surface area contributed by atoms with Gasteiger partial charge in [0.15, 0.2) is 0 Å². The lowest BCUT2D eigenvalue weighted by Crippen LogP contribution is -2.52. The second kappa shape index (κ2) is 16.1. The Labute approximate surface area is 272 Å². The maximum absolute atomic E-state index is 14.1. The molecule has 0 aromatic heterocycles. The van der Waals surface area contributed by atoms with E-state index in [1.54, 1.807) is 37.1 Å². The molecule has 0 bridgehead atoms. The lowest BCUT2D eigenvalue weighted by Gasteiger charge is -2.34. The van der Waals surface area contributed by atoms with Crippen molar-refractivity contribution in [1.82, 2.24) is 10.2 Å². The van der Waals surface area contributed by atoms with E-state index < -0.39 is 16.1 Å². The van der Waals surface area contributed by atoms with Crippen LogP contribution < -0.4 is 14.4 Å². The molecule has 3 aromatic rings. The third-order valence-electron chi connectivity index (χ3n) is 8.37. The summed E-state index contributed by atoms with van der Waals surface area (Å²) in [6.07, 6.45) is 6.98. The topological polar surface area (TPSA) is 96.0 Å². The fraction of sp³-hybridized carbons (Fsp3) is 0.429. The van der Waals surface area contributed by atoms with E-state index in [4.69, 9.17) is 16.3 Å². The van der Waals surface area contributed by atoms with Gasteiger partial charge in [0.1, 0.15) is 11.8 Å². The molecule has 4 rings (SSSR count). The molecule has 10 heteroatoms. The number of hydrogen-bond donors (Lipinski definition) is 1. The fourth-order valence-corrected chi connectivity index (χ4v) is 7.10. The minimum atomic E-state index is -3.65. The molecule has 1 aliphatic carbocycles. The number of ether oxygens (including phenoxy) is 1. The van der Waals surface area contributed by atoms with Gasteiger partial charge in [0.05, 0.1) is 19.1 Å². The molecule has 1 N–H and O–H groups in total. The molecule has 242 valence electrons. The van der Waals surface area contributed by atoms with E-state index >= 15 is 0 Å². The third-order valence-corrected chi connectivity index (χ3v) is 9.96. The molecule has 3 aromatic carbocycles. The number of anilines is 1. The zero-order valence-electron chi connectivity index (χ0n) is 26.4. The van der Waals surface area contributed by atoms with Crippen LogP contribution in [0.1, 0.15) is 61.6 Å². The predicted molar refractivity (Wildman–Crippen MR) is 180 cm³/mol. The Morgan fingerprint density at radius 2 is 1.67 bits per heavy atom. The Balaban J connectivity index is 1.62. The van der Waals surface area contributed by atoms with Gasteiger partial charge < -0.3 is 15.0 Å². The number of carbonyl (C=O) groups excluding carboxylic acids is 2. The Hall–Kier alpha value is -3.56. The summed E-state index contributed by atoms with van der Waals surface area (Å²) < 4.78 is 32.4. The molecule has 0 heterocycles. The fourth-order valence-electron chi connectivity index (χ4n) is 5.91. The summed E-state index contributed by atoms with van der Waals surface area (Å²) in [6.45, 7) is 2.07. The van der Waals surface area contributed by atoms with Crippen LogP contribution in [0.3, 0.4) is 0 Å². The monoisotopic (exact) mass is 653 g/mol. The normalized spacial score (nSPS) is 14.4. The molecule has 1 atom stereocenters. The van der Waals surface area contributed by atoms with Gasteiger partial charge in [0.25, 0.3) is 0 Å². The Kier molecular flexibility index (Phi) is 12.3. The van der Waals surface area contributed by atoms with Gasteiger partial charge in [-0.25, -0.2) is 8.42 Å². The highest BCUT2D eigenvalue weighted by Crippen LogP contribution is 2.29. The predicted octanol–water partition coefficient (Wildman–Crippen LogP) is 6.29. The minimum Gasteiger partial charge on any atom is -0.497 e. The van der Waals surface area contributed by atoms with Crippen molar-refractivity contribution in [2.75, 3.05) is 24.2 Å². The smallest absolute Gasteiger partial charge is 0.243 e. The van der Waals surface area contributed by atoms with E-state index in [1.165, 1.54) is 10.7 Å². The van der Waals surface area contributed by atoms with E-state index in [1.807, 2.05) is 54.6 Å². The van der Waals surface area contributed by atoms with Crippen LogP contribution in [-0.4, -0.2) is 57.1 Å². The van der Waals surface area contributed by atoms with E-state index in [-0.39, 0.29) is 43.8 Å². The lowest BCUT2D eigenvalue weighted by molar-refractivity contribution is -0.141. The molecule has 1 saturated carbocycles. The van der Waals surface area contributed by atoms with Crippen LogP contribution in [0.5, 0.6) is 5.75 Å². The third kappa shape index (κ3) is 9.71. The molecule has 2 amide bonds. The first kappa shape index (κ1) is 34.3.